The van der Waals surface area contributed by atoms with E-state index in [2.05, 4.69) is 10.6 Å². The van der Waals surface area contributed by atoms with E-state index < -0.39 is 0 Å². The molecule has 0 atom stereocenters. The normalized spacial score (nSPS) is 10.5. The summed E-state index contributed by atoms with van der Waals surface area (Å²) in [7, 11) is 3.27. The number of carbonyl (C=O) groups excluding carboxylic acids is 2. The summed E-state index contributed by atoms with van der Waals surface area (Å²) < 4.78 is 5.12. The fraction of sp³-hybridized carbons (Fsp3) is 0.263. The Balaban J connectivity index is 1.85. The Labute approximate surface area is 158 Å². The summed E-state index contributed by atoms with van der Waals surface area (Å²) in [6, 6.07) is 12.4. The molecule has 0 aromatic heterocycles. The lowest BCUT2D eigenvalue weighted by Crippen LogP contribution is -2.36. The van der Waals surface area contributed by atoms with E-state index in [1.807, 2.05) is 13.0 Å². The van der Waals surface area contributed by atoms with Gasteiger partial charge in [-0.3, -0.25) is 14.5 Å². The minimum absolute atomic E-state index is 0.0808. The summed E-state index contributed by atoms with van der Waals surface area (Å²) in [6.45, 7) is 2.05. The van der Waals surface area contributed by atoms with E-state index in [-0.39, 0.29) is 24.9 Å². The molecule has 0 saturated heterocycles. The van der Waals surface area contributed by atoms with Crippen LogP contribution in [-0.2, 0) is 9.59 Å². The molecule has 0 heterocycles. The molecule has 2 aromatic rings. The summed E-state index contributed by atoms with van der Waals surface area (Å²) >= 11 is 5.95. The Morgan fingerprint density at radius 3 is 2.46 bits per heavy atom. The van der Waals surface area contributed by atoms with E-state index in [9.17, 15) is 9.59 Å². The van der Waals surface area contributed by atoms with E-state index in [0.717, 1.165) is 5.56 Å². The van der Waals surface area contributed by atoms with Gasteiger partial charge in [-0.1, -0.05) is 23.7 Å². The second-order valence-corrected chi connectivity index (χ2v) is 6.40. The van der Waals surface area contributed by atoms with Gasteiger partial charge >= 0.3 is 0 Å². The quantitative estimate of drug-likeness (QED) is 0.779. The van der Waals surface area contributed by atoms with Crippen LogP contribution in [0.2, 0.25) is 5.02 Å². The molecule has 6 nitrogen and oxygen atoms in total. The van der Waals surface area contributed by atoms with E-state index in [1.54, 1.807) is 55.5 Å². The van der Waals surface area contributed by atoms with Gasteiger partial charge in [0.2, 0.25) is 11.8 Å². The standard InChI is InChI=1S/C19H22ClN3O3/c1-13-7-8-14(20)9-17(13)22-19(25)12-23(2)11-18(24)21-15-5-4-6-16(10-15)26-3/h4-10H,11-12H2,1-3H3,(H,21,24)(H,22,25). The zero-order chi connectivity index (χ0) is 19.1. The van der Waals surface area contributed by atoms with Crippen molar-refractivity contribution in [3.63, 3.8) is 0 Å². The third-order valence-corrected chi connectivity index (χ3v) is 3.89. The third-order valence-electron chi connectivity index (χ3n) is 3.65. The lowest BCUT2D eigenvalue weighted by Gasteiger charge is -2.17. The van der Waals surface area contributed by atoms with Crippen LogP contribution < -0.4 is 15.4 Å². The molecule has 2 aromatic carbocycles. The number of likely N-dealkylation sites (N-methyl/N-ethyl adjacent to an activating group) is 1. The van der Waals surface area contributed by atoms with Gasteiger partial charge in [0, 0.05) is 22.5 Å². The number of anilines is 2. The molecule has 0 aliphatic carbocycles. The lowest BCUT2D eigenvalue weighted by atomic mass is 10.2. The number of nitrogens with zero attached hydrogens (tertiary/aromatic N) is 1. The van der Waals surface area contributed by atoms with Crippen molar-refractivity contribution in [2.45, 2.75) is 6.92 Å². The van der Waals surface area contributed by atoms with Gasteiger partial charge in [0.05, 0.1) is 20.2 Å². The first-order valence-corrected chi connectivity index (χ1v) is 8.43. The Kier molecular flexibility index (Phi) is 7.00. The van der Waals surface area contributed by atoms with Crippen LogP contribution in [0, 0.1) is 6.92 Å². The Hall–Kier alpha value is -2.57. The molecule has 2 rings (SSSR count). The van der Waals surface area contributed by atoms with Crippen molar-refractivity contribution < 1.29 is 14.3 Å². The number of hydrogen-bond donors (Lipinski definition) is 2. The van der Waals surface area contributed by atoms with Crippen molar-refractivity contribution in [1.29, 1.82) is 0 Å². The van der Waals surface area contributed by atoms with Gasteiger partial charge in [0.15, 0.2) is 0 Å². The number of aryl methyl sites for hydroxylation is 1. The molecule has 0 aliphatic heterocycles. The molecule has 0 spiro atoms. The first kappa shape index (κ1) is 19.8. The number of halogens is 1. The van der Waals surface area contributed by atoms with Gasteiger partial charge in [-0.25, -0.2) is 0 Å². The highest BCUT2D eigenvalue weighted by Crippen LogP contribution is 2.20. The van der Waals surface area contributed by atoms with Crippen LogP contribution in [0.4, 0.5) is 11.4 Å². The summed E-state index contributed by atoms with van der Waals surface area (Å²) in [5.74, 6) is 0.229. The van der Waals surface area contributed by atoms with Crippen molar-refractivity contribution in [2.24, 2.45) is 0 Å². The number of carbonyl (C=O) groups is 2. The topological polar surface area (TPSA) is 70.7 Å². The molecule has 138 valence electrons. The van der Waals surface area contributed by atoms with Crippen LogP contribution in [0.1, 0.15) is 5.56 Å². The minimum Gasteiger partial charge on any atom is -0.497 e. The number of rotatable bonds is 7. The van der Waals surface area contributed by atoms with Gasteiger partial charge in [-0.2, -0.15) is 0 Å². The second kappa shape index (κ2) is 9.22. The van der Waals surface area contributed by atoms with Gasteiger partial charge in [0.25, 0.3) is 0 Å². The highest BCUT2D eigenvalue weighted by Gasteiger charge is 2.12. The van der Waals surface area contributed by atoms with Crippen LogP contribution in [0.25, 0.3) is 0 Å². The van der Waals surface area contributed by atoms with Crippen LogP contribution in [0.15, 0.2) is 42.5 Å². The van der Waals surface area contributed by atoms with Crippen LogP contribution in [-0.4, -0.2) is 44.0 Å². The molecule has 0 radical (unpaired) electrons. The molecule has 2 N–H and O–H groups in total. The fourth-order valence-electron chi connectivity index (χ4n) is 2.37. The largest absolute Gasteiger partial charge is 0.497 e. The molecule has 7 heteroatoms. The smallest absolute Gasteiger partial charge is 0.238 e. The molecular formula is C19H22ClN3O3. The summed E-state index contributed by atoms with van der Waals surface area (Å²) in [4.78, 5) is 25.9. The molecule has 26 heavy (non-hydrogen) atoms. The molecule has 0 bridgehead atoms. The van der Waals surface area contributed by atoms with Gasteiger partial charge in [-0.15, -0.1) is 0 Å². The number of methoxy groups -OCH3 is 1. The van der Waals surface area contributed by atoms with Crippen LogP contribution >= 0.6 is 11.6 Å². The lowest BCUT2D eigenvalue weighted by molar-refractivity contribution is -0.119. The van der Waals surface area contributed by atoms with Crippen molar-refractivity contribution in [1.82, 2.24) is 4.90 Å². The maximum atomic E-state index is 12.2. The molecule has 0 aliphatic rings. The zero-order valence-electron chi connectivity index (χ0n) is 15.0. The van der Waals surface area contributed by atoms with E-state index in [0.29, 0.717) is 22.1 Å². The fourth-order valence-corrected chi connectivity index (χ4v) is 2.54. The number of amides is 2. The SMILES string of the molecule is COc1cccc(NC(=O)CN(C)CC(=O)Nc2cc(Cl)ccc2C)c1. The first-order valence-electron chi connectivity index (χ1n) is 8.06. The Morgan fingerprint density at radius 2 is 1.77 bits per heavy atom. The van der Waals surface area contributed by atoms with Crippen LogP contribution in [0.5, 0.6) is 5.75 Å². The van der Waals surface area contributed by atoms with Gasteiger partial charge < -0.3 is 15.4 Å². The molecule has 0 saturated carbocycles. The molecular weight excluding hydrogens is 354 g/mol. The maximum absolute atomic E-state index is 12.2. The minimum atomic E-state index is -0.216. The Bertz CT molecular complexity index is 795. The zero-order valence-corrected chi connectivity index (χ0v) is 15.8. The predicted octanol–water partition coefficient (Wildman–Crippen LogP) is 3.17. The number of benzene rings is 2. The molecule has 2 amide bonds. The average Bonchev–Trinajstić information content (AvgIpc) is 2.57. The van der Waals surface area contributed by atoms with Crippen molar-refractivity contribution in [3.05, 3.63) is 53.1 Å². The number of nitrogens with one attached hydrogen (secondary N) is 2. The van der Waals surface area contributed by atoms with Crippen molar-refractivity contribution >= 4 is 34.8 Å². The monoisotopic (exact) mass is 375 g/mol. The number of ether oxygens (including phenoxy) is 1. The van der Waals surface area contributed by atoms with Gasteiger partial charge in [0.1, 0.15) is 5.75 Å². The van der Waals surface area contributed by atoms with Gasteiger partial charge in [-0.05, 0) is 43.8 Å². The van der Waals surface area contributed by atoms with E-state index in [4.69, 9.17) is 16.3 Å². The van der Waals surface area contributed by atoms with Crippen LogP contribution in [0.3, 0.4) is 0 Å². The van der Waals surface area contributed by atoms with E-state index in [1.165, 1.54) is 0 Å². The van der Waals surface area contributed by atoms with E-state index >= 15 is 0 Å². The van der Waals surface area contributed by atoms with Crippen molar-refractivity contribution in [2.75, 3.05) is 37.9 Å². The highest BCUT2D eigenvalue weighted by atomic mass is 35.5. The highest BCUT2D eigenvalue weighted by molar-refractivity contribution is 6.31. The summed E-state index contributed by atoms with van der Waals surface area (Å²) in [5.41, 5.74) is 2.22. The van der Waals surface area contributed by atoms with Crippen molar-refractivity contribution in [3.8, 4) is 5.75 Å². The Morgan fingerprint density at radius 1 is 1.08 bits per heavy atom. The summed E-state index contributed by atoms with van der Waals surface area (Å²) in [5, 5.41) is 6.14. The third kappa shape index (κ3) is 6.06. The number of hydrogen-bond acceptors (Lipinski definition) is 4. The first-order chi connectivity index (χ1) is 12.4. The average molecular weight is 376 g/mol. The predicted molar refractivity (Wildman–Crippen MR) is 104 cm³/mol. The second-order valence-electron chi connectivity index (χ2n) is 5.96. The molecule has 0 fully saturated rings. The molecule has 0 unspecified atom stereocenters. The maximum Gasteiger partial charge on any atom is 0.238 e. The summed E-state index contributed by atoms with van der Waals surface area (Å²) in [6.07, 6.45) is 0.